The van der Waals surface area contributed by atoms with Crippen LogP contribution in [0.1, 0.15) is 45.2 Å². The fourth-order valence-electron chi connectivity index (χ4n) is 4.41. The van der Waals surface area contributed by atoms with Crippen LogP contribution in [0.15, 0.2) is 83.8 Å². The van der Waals surface area contributed by atoms with Gasteiger partial charge in [0.15, 0.2) is 0 Å². The molecule has 214 valence electrons. The first kappa shape index (κ1) is 30.8. The van der Waals surface area contributed by atoms with Crippen molar-refractivity contribution < 1.29 is 22.4 Å². The standard InChI is InChI=1S/C31H38FN3O4S/c1-5-25-12-10-11-15-29(25)35(40(38,39)27-13-8-7-9-14-27)22-30(36)34(21-24-16-18-26(32)19-17-24)28(6-2)31(37)33-20-23(3)4/h7-19,23,28H,5-6,20-22H2,1-4H3,(H,33,37)/t28-/m0/s1. The van der Waals surface area contributed by atoms with Crippen LogP contribution in [-0.4, -0.2) is 44.3 Å². The van der Waals surface area contributed by atoms with Gasteiger partial charge in [-0.1, -0.05) is 76.2 Å². The van der Waals surface area contributed by atoms with Gasteiger partial charge in [0.1, 0.15) is 18.4 Å². The average molecular weight is 568 g/mol. The maximum absolute atomic E-state index is 14.1. The van der Waals surface area contributed by atoms with Crippen molar-refractivity contribution in [3.8, 4) is 0 Å². The lowest BCUT2D eigenvalue weighted by atomic mass is 10.1. The molecule has 2 amide bonds. The maximum atomic E-state index is 14.1. The van der Waals surface area contributed by atoms with Gasteiger partial charge in [0.05, 0.1) is 10.6 Å². The molecule has 3 aromatic rings. The molecule has 0 bridgehead atoms. The van der Waals surface area contributed by atoms with Crippen molar-refractivity contribution in [2.75, 3.05) is 17.4 Å². The number of anilines is 1. The number of hydrogen-bond acceptors (Lipinski definition) is 4. The number of sulfonamides is 1. The van der Waals surface area contributed by atoms with Crippen molar-refractivity contribution in [1.82, 2.24) is 10.2 Å². The molecule has 0 saturated carbocycles. The van der Waals surface area contributed by atoms with Gasteiger partial charge in [-0.25, -0.2) is 12.8 Å². The highest BCUT2D eigenvalue weighted by Gasteiger charge is 2.34. The molecule has 3 rings (SSSR count). The van der Waals surface area contributed by atoms with Gasteiger partial charge in [-0.2, -0.15) is 0 Å². The van der Waals surface area contributed by atoms with E-state index in [4.69, 9.17) is 0 Å². The van der Waals surface area contributed by atoms with Gasteiger partial charge in [-0.05, 0) is 60.2 Å². The van der Waals surface area contributed by atoms with Crippen LogP contribution in [0.3, 0.4) is 0 Å². The van der Waals surface area contributed by atoms with E-state index in [1.807, 2.05) is 32.9 Å². The van der Waals surface area contributed by atoms with Gasteiger partial charge in [-0.15, -0.1) is 0 Å². The molecule has 3 aromatic carbocycles. The summed E-state index contributed by atoms with van der Waals surface area (Å²) < 4.78 is 42.6. The first-order chi connectivity index (χ1) is 19.1. The smallest absolute Gasteiger partial charge is 0.264 e. The highest BCUT2D eigenvalue weighted by molar-refractivity contribution is 7.92. The second-order valence-corrected chi connectivity index (χ2v) is 11.9. The van der Waals surface area contributed by atoms with Gasteiger partial charge in [0.25, 0.3) is 10.0 Å². The monoisotopic (exact) mass is 567 g/mol. The maximum Gasteiger partial charge on any atom is 0.264 e. The number of para-hydroxylation sites is 1. The van der Waals surface area contributed by atoms with Crippen molar-refractivity contribution in [1.29, 1.82) is 0 Å². The fraction of sp³-hybridized carbons (Fsp3) is 0.355. The zero-order chi connectivity index (χ0) is 29.3. The number of rotatable bonds is 13. The van der Waals surface area contributed by atoms with E-state index in [1.165, 1.54) is 29.2 Å². The molecule has 7 nitrogen and oxygen atoms in total. The van der Waals surface area contributed by atoms with Crippen molar-refractivity contribution in [3.63, 3.8) is 0 Å². The summed E-state index contributed by atoms with van der Waals surface area (Å²) >= 11 is 0. The van der Waals surface area contributed by atoms with Crippen molar-refractivity contribution in [2.24, 2.45) is 5.92 Å². The van der Waals surface area contributed by atoms with Gasteiger partial charge in [-0.3, -0.25) is 13.9 Å². The number of aryl methyl sites for hydroxylation is 1. The van der Waals surface area contributed by atoms with Crippen LogP contribution in [0.5, 0.6) is 0 Å². The molecular formula is C31H38FN3O4S. The molecule has 0 saturated heterocycles. The number of nitrogens with one attached hydrogen (secondary N) is 1. The highest BCUT2D eigenvalue weighted by Crippen LogP contribution is 2.28. The quantitative estimate of drug-likeness (QED) is 0.309. The van der Waals surface area contributed by atoms with Gasteiger partial charge < -0.3 is 10.2 Å². The molecule has 0 spiro atoms. The number of nitrogens with zero attached hydrogens (tertiary/aromatic N) is 2. The number of benzene rings is 3. The summed E-state index contributed by atoms with van der Waals surface area (Å²) in [5.41, 5.74) is 1.79. The fourth-order valence-corrected chi connectivity index (χ4v) is 5.89. The predicted octanol–water partition coefficient (Wildman–Crippen LogP) is 5.16. The summed E-state index contributed by atoms with van der Waals surface area (Å²) in [7, 11) is -4.13. The number of hydrogen-bond donors (Lipinski definition) is 1. The third kappa shape index (κ3) is 7.69. The molecule has 0 radical (unpaired) electrons. The average Bonchev–Trinajstić information content (AvgIpc) is 2.95. The Morgan fingerprint density at radius 2 is 1.52 bits per heavy atom. The third-order valence-electron chi connectivity index (χ3n) is 6.59. The molecule has 0 heterocycles. The second-order valence-electron chi connectivity index (χ2n) is 10.0. The molecule has 1 atom stereocenters. The van der Waals surface area contributed by atoms with E-state index in [2.05, 4.69) is 5.32 Å². The molecule has 1 N–H and O–H groups in total. The Hall–Kier alpha value is -3.72. The Labute approximate surface area is 237 Å². The summed E-state index contributed by atoms with van der Waals surface area (Å²) in [6, 6.07) is 19.9. The van der Waals surface area contributed by atoms with Gasteiger partial charge >= 0.3 is 0 Å². The summed E-state index contributed by atoms with van der Waals surface area (Å²) in [6.45, 7) is 7.60. The minimum Gasteiger partial charge on any atom is -0.354 e. The summed E-state index contributed by atoms with van der Waals surface area (Å²) in [6.07, 6.45) is 0.869. The predicted molar refractivity (Wildman–Crippen MR) is 156 cm³/mol. The lowest BCUT2D eigenvalue weighted by Crippen LogP contribution is -2.52. The van der Waals surface area contributed by atoms with E-state index in [1.54, 1.807) is 49.4 Å². The molecule has 0 aliphatic rings. The number of carbonyl (C=O) groups is 2. The number of carbonyl (C=O) groups excluding carboxylic acids is 2. The molecule has 0 aromatic heterocycles. The van der Waals surface area contributed by atoms with Crippen LogP contribution in [0.4, 0.5) is 10.1 Å². The van der Waals surface area contributed by atoms with E-state index in [0.29, 0.717) is 30.6 Å². The zero-order valence-corrected chi connectivity index (χ0v) is 24.3. The molecule has 0 fully saturated rings. The zero-order valence-electron chi connectivity index (χ0n) is 23.5. The Morgan fingerprint density at radius 3 is 2.12 bits per heavy atom. The molecule has 40 heavy (non-hydrogen) atoms. The van der Waals surface area contributed by atoms with Crippen molar-refractivity contribution >= 4 is 27.5 Å². The summed E-state index contributed by atoms with van der Waals surface area (Å²) in [4.78, 5) is 28.8. The van der Waals surface area contributed by atoms with Crippen LogP contribution >= 0.6 is 0 Å². The Kier molecular flexibility index (Phi) is 10.8. The van der Waals surface area contributed by atoms with Crippen LogP contribution in [-0.2, 0) is 32.6 Å². The van der Waals surface area contributed by atoms with Crippen LogP contribution in [0, 0.1) is 11.7 Å². The first-order valence-electron chi connectivity index (χ1n) is 13.6. The minimum absolute atomic E-state index is 0.0152. The van der Waals surface area contributed by atoms with Crippen LogP contribution < -0.4 is 9.62 Å². The summed E-state index contributed by atoms with van der Waals surface area (Å²) in [5, 5.41) is 2.90. The topological polar surface area (TPSA) is 86.8 Å². The van der Waals surface area contributed by atoms with E-state index in [9.17, 15) is 22.4 Å². The van der Waals surface area contributed by atoms with Gasteiger partial charge in [0, 0.05) is 13.1 Å². The normalized spacial score (nSPS) is 12.2. The largest absolute Gasteiger partial charge is 0.354 e. The SMILES string of the molecule is CCc1ccccc1N(CC(=O)N(Cc1ccc(F)cc1)[C@@H](CC)C(=O)NCC(C)C)S(=O)(=O)c1ccccc1. The van der Waals surface area contributed by atoms with Crippen molar-refractivity contribution in [2.45, 2.75) is 58.0 Å². The molecule has 0 aliphatic heterocycles. The first-order valence-corrected chi connectivity index (χ1v) is 15.0. The highest BCUT2D eigenvalue weighted by atomic mass is 32.2. The Morgan fingerprint density at radius 1 is 0.900 bits per heavy atom. The molecule has 0 aliphatic carbocycles. The lowest BCUT2D eigenvalue weighted by Gasteiger charge is -2.33. The van der Waals surface area contributed by atoms with Crippen LogP contribution in [0.25, 0.3) is 0 Å². The second kappa shape index (κ2) is 14.1. The number of amides is 2. The van der Waals surface area contributed by atoms with Crippen molar-refractivity contribution in [3.05, 3.63) is 95.8 Å². The molecule has 0 unspecified atom stereocenters. The Bertz CT molecular complexity index is 1380. The molecule has 9 heteroatoms. The van der Waals surface area contributed by atoms with E-state index < -0.39 is 34.3 Å². The lowest BCUT2D eigenvalue weighted by molar-refractivity contribution is -0.140. The molecular weight excluding hydrogens is 529 g/mol. The third-order valence-corrected chi connectivity index (χ3v) is 8.36. The number of halogens is 1. The van der Waals surface area contributed by atoms with Gasteiger partial charge in [0.2, 0.25) is 11.8 Å². The van der Waals surface area contributed by atoms with E-state index >= 15 is 0 Å². The minimum atomic E-state index is -4.13. The van der Waals surface area contributed by atoms with E-state index in [-0.39, 0.29) is 23.3 Å². The van der Waals surface area contributed by atoms with E-state index in [0.717, 1.165) is 9.87 Å². The Balaban J connectivity index is 2.06. The summed E-state index contributed by atoms with van der Waals surface area (Å²) in [5.74, 6) is -1.07. The van der Waals surface area contributed by atoms with Crippen LogP contribution in [0.2, 0.25) is 0 Å².